The van der Waals surface area contributed by atoms with Crippen LogP contribution in [-0.2, 0) is 10.5 Å². The molecule has 3 heterocycles. The van der Waals surface area contributed by atoms with Crippen molar-refractivity contribution in [3.8, 4) is 0 Å². The Morgan fingerprint density at radius 1 is 1.06 bits per heavy atom. The van der Waals surface area contributed by atoms with E-state index in [9.17, 15) is 19.1 Å². The number of aliphatic hydroxyl groups is 1. The van der Waals surface area contributed by atoms with Gasteiger partial charge in [0.1, 0.15) is 5.82 Å². The van der Waals surface area contributed by atoms with Gasteiger partial charge in [0.25, 0.3) is 5.91 Å². The first kappa shape index (κ1) is 22.5. The number of carbonyl (C=O) groups is 2. The number of Topliss-reactive ketones (excluding diaryl/α,β-unsaturated/α-hetero) is 1. The number of rotatable bonds is 7. The van der Waals surface area contributed by atoms with Gasteiger partial charge in [-0.2, -0.15) is 0 Å². The number of amides is 1. The molecule has 1 unspecified atom stereocenters. The first-order valence-corrected chi connectivity index (χ1v) is 12.8. The molecular formula is C24H16FN3O3S3. The minimum absolute atomic E-state index is 0.0623. The van der Waals surface area contributed by atoms with Gasteiger partial charge in [0.05, 0.1) is 16.5 Å². The van der Waals surface area contributed by atoms with Crippen LogP contribution in [0.5, 0.6) is 0 Å². The third-order valence-corrected chi connectivity index (χ3v) is 8.19. The van der Waals surface area contributed by atoms with Gasteiger partial charge in [-0.15, -0.1) is 21.5 Å². The van der Waals surface area contributed by atoms with Crippen molar-refractivity contribution >= 4 is 51.3 Å². The van der Waals surface area contributed by atoms with Crippen LogP contribution in [-0.4, -0.2) is 27.0 Å². The molecule has 6 nitrogen and oxygen atoms in total. The van der Waals surface area contributed by atoms with Crippen molar-refractivity contribution < 1.29 is 19.1 Å². The Bertz CT molecular complexity index is 1370. The fourth-order valence-corrected chi connectivity index (χ4v) is 6.11. The van der Waals surface area contributed by atoms with Crippen LogP contribution >= 0.6 is 34.4 Å². The number of nitrogens with zero attached hydrogens (tertiary/aromatic N) is 3. The van der Waals surface area contributed by atoms with Crippen LogP contribution in [0.3, 0.4) is 0 Å². The van der Waals surface area contributed by atoms with E-state index in [0.717, 1.165) is 5.56 Å². The van der Waals surface area contributed by atoms with E-state index in [1.165, 1.54) is 63.6 Å². The first-order valence-electron chi connectivity index (χ1n) is 10.1. The maximum absolute atomic E-state index is 13.6. The standard InChI is InChI=1S/C24H16FN3O3S3/c25-16-10-8-15(9-11-16)19-18(20(29)17-7-4-12-32-17)21(30)22(31)28(19)23-26-27-24(34-23)33-13-14-5-2-1-3-6-14/h1-12,19,30H,13H2. The Morgan fingerprint density at radius 2 is 1.82 bits per heavy atom. The number of thiophene rings is 1. The van der Waals surface area contributed by atoms with Crippen LogP contribution in [0.1, 0.15) is 26.8 Å². The SMILES string of the molecule is O=C(C1=C(O)C(=O)N(c2nnc(SCc3ccccc3)s2)C1c1ccc(F)cc1)c1cccs1. The average Bonchev–Trinajstić information content (AvgIpc) is 3.60. The van der Waals surface area contributed by atoms with E-state index in [1.54, 1.807) is 17.5 Å². The zero-order valence-corrected chi connectivity index (χ0v) is 19.9. The Labute approximate surface area is 206 Å². The molecule has 1 aliphatic heterocycles. The predicted molar refractivity (Wildman–Crippen MR) is 131 cm³/mol. The lowest BCUT2D eigenvalue weighted by Crippen LogP contribution is -2.31. The molecule has 10 heteroatoms. The molecule has 1 aliphatic rings. The number of ketones is 1. The number of anilines is 1. The molecule has 0 saturated heterocycles. The summed E-state index contributed by atoms with van der Waals surface area (Å²) in [4.78, 5) is 28.1. The van der Waals surface area contributed by atoms with Crippen LogP contribution in [0.2, 0.25) is 0 Å². The molecule has 1 atom stereocenters. The lowest BCUT2D eigenvalue weighted by atomic mass is 9.95. The maximum Gasteiger partial charge on any atom is 0.296 e. The first-order chi connectivity index (χ1) is 16.5. The van der Waals surface area contributed by atoms with Crippen LogP contribution < -0.4 is 4.90 Å². The Morgan fingerprint density at radius 3 is 2.53 bits per heavy atom. The highest BCUT2D eigenvalue weighted by atomic mass is 32.2. The number of carbonyl (C=O) groups excluding carboxylic acids is 2. The van der Waals surface area contributed by atoms with Crippen molar-refractivity contribution in [2.45, 2.75) is 16.1 Å². The summed E-state index contributed by atoms with van der Waals surface area (Å²) < 4.78 is 14.3. The molecule has 0 aliphatic carbocycles. The molecule has 5 rings (SSSR count). The lowest BCUT2D eigenvalue weighted by molar-refractivity contribution is -0.117. The summed E-state index contributed by atoms with van der Waals surface area (Å²) in [6.07, 6.45) is 0. The summed E-state index contributed by atoms with van der Waals surface area (Å²) in [7, 11) is 0. The van der Waals surface area contributed by atoms with Gasteiger partial charge in [0.15, 0.2) is 10.1 Å². The molecule has 0 radical (unpaired) electrons. The third-order valence-electron chi connectivity index (χ3n) is 5.19. The van der Waals surface area contributed by atoms with Crippen LogP contribution in [0.25, 0.3) is 0 Å². The molecule has 1 N–H and O–H groups in total. The summed E-state index contributed by atoms with van der Waals surface area (Å²) >= 11 is 3.88. The molecule has 170 valence electrons. The van der Waals surface area contributed by atoms with Gasteiger partial charge in [0.2, 0.25) is 10.9 Å². The second-order valence-corrected chi connectivity index (χ2v) is 10.4. The van der Waals surface area contributed by atoms with Crippen molar-refractivity contribution in [1.82, 2.24) is 10.2 Å². The molecule has 1 amide bonds. The van der Waals surface area contributed by atoms with Crippen LogP contribution in [0.15, 0.2) is 87.8 Å². The summed E-state index contributed by atoms with van der Waals surface area (Å²) in [6, 6.07) is 17.8. The fraction of sp³-hybridized carbons (Fsp3) is 0.0833. The average molecular weight is 510 g/mol. The van der Waals surface area contributed by atoms with Crippen molar-refractivity contribution in [2.24, 2.45) is 0 Å². The summed E-state index contributed by atoms with van der Waals surface area (Å²) in [5.74, 6) is -1.61. The quantitative estimate of drug-likeness (QED) is 0.192. The maximum atomic E-state index is 13.6. The van der Waals surface area contributed by atoms with Gasteiger partial charge in [-0.1, -0.05) is 71.6 Å². The number of hydrogen-bond donors (Lipinski definition) is 1. The van der Waals surface area contributed by atoms with E-state index in [2.05, 4.69) is 10.2 Å². The third kappa shape index (κ3) is 4.27. The number of hydrogen-bond acceptors (Lipinski definition) is 8. The Hall–Kier alpha value is -3.34. The fourth-order valence-electron chi connectivity index (χ4n) is 3.61. The highest BCUT2D eigenvalue weighted by Crippen LogP contribution is 2.44. The molecular weight excluding hydrogens is 493 g/mol. The van der Waals surface area contributed by atoms with Gasteiger partial charge in [0, 0.05) is 5.75 Å². The van der Waals surface area contributed by atoms with E-state index in [4.69, 9.17) is 0 Å². The van der Waals surface area contributed by atoms with Crippen molar-refractivity contribution in [3.05, 3.63) is 105 Å². The number of benzene rings is 2. The number of thioether (sulfide) groups is 1. The summed E-state index contributed by atoms with van der Waals surface area (Å²) in [5.41, 5.74) is 1.54. The molecule has 0 spiro atoms. The highest BCUT2D eigenvalue weighted by molar-refractivity contribution is 8.00. The monoisotopic (exact) mass is 509 g/mol. The minimum atomic E-state index is -0.956. The highest BCUT2D eigenvalue weighted by Gasteiger charge is 2.46. The molecule has 0 saturated carbocycles. The molecule has 0 fully saturated rings. The Kier molecular flexibility index (Phi) is 6.27. The molecule has 4 aromatic rings. The molecule has 2 aromatic heterocycles. The van der Waals surface area contributed by atoms with Gasteiger partial charge in [-0.25, -0.2) is 4.39 Å². The molecule has 0 bridgehead atoms. The van der Waals surface area contributed by atoms with E-state index in [-0.39, 0.29) is 10.7 Å². The van der Waals surface area contributed by atoms with Crippen molar-refractivity contribution in [3.63, 3.8) is 0 Å². The molecule has 34 heavy (non-hydrogen) atoms. The predicted octanol–water partition coefficient (Wildman–Crippen LogP) is 5.81. The number of aliphatic hydroxyl groups excluding tert-OH is 1. The zero-order chi connectivity index (χ0) is 23.7. The van der Waals surface area contributed by atoms with Gasteiger partial charge in [-0.3, -0.25) is 14.5 Å². The summed E-state index contributed by atoms with van der Waals surface area (Å²) in [6.45, 7) is 0. The largest absolute Gasteiger partial charge is 0.503 e. The topological polar surface area (TPSA) is 83.4 Å². The van der Waals surface area contributed by atoms with Crippen molar-refractivity contribution in [1.29, 1.82) is 0 Å². The van der Waals surface area contributed by atoms with Gasteiger partial charge in [-0.05, 0) is 34.7 Å². The summed E-state index contributed by atoms with van der Waals surface area (Å²) in [5, 5.41) is 21.1. The van der Waals surface area contributed by atoms with E-state index >= 15 is 0 Å². The van der Waals surface area contributed by atoms with E-state index in [0.29, 0.717) is 20.5 Å². The molecule has 2 aromatic carbocycles. The van der Waals surface area contributed by atoms with E-state index in [1.807, 2.05) is 30.3 Å². The van der Waals surface area contributed by atoms with E-state index < -0.39 is 29.3 Å². The van der Waals surface area contributed by atoms with Crippen LogP contribution in [0, 0.1) is 5.82 Å². The van der Waals surface area contributed by atoms with Crippen LogP contribution in [0.4, 0.5) is 9.52 Å². The second-order valence-electron chi connectivity index (χ2n) is 7.32. The van der Waals surface area contributed by atoms with Gasteiger partial charge >= 0.3 is 0 Å². The van der Waals surface area contributed by atoms with Crippen molar-refractivity contribution in [2.75, 3.05) is 4.90 Å². The minimum Gasteiger partial charge on any atom is -0.503 e. The number of aromatic nitrogens is 2. The zero-order valence-electron chi connectivity index (χ0n) is 17.4. The Balaban J connectivity index is 1.50. The smallest absolute Gasteiger partial charge is 0.296 e. The lowest BCUT2D eigenvalue weighted by Gasteiger charge is -2.23. The number of halogens is 1. The normalized spacial score (nSPS) is 15.9. The second kappa shape index (κ2) is 9.49. The van der Waals surface area contributed by atoms with Gasteiger partial charge < -0.3 is 5.11 Å².